The Kier molecular flexibility index (Phi) is 4.90. The van der Waals surface area contributed by atoms with Crippen LogP contribution >= 0.6 is 0 Å². The molecule has 1 aliphatic heterocycles. The van der Waals surface area contributed by atoms with Gasteiger partial charge in [0.25, 0.3) is 0 Å². The third-order valence-corrected chi connectivity index (χ3v) is 1.93. The molecule has 84 valence electrons. The van der Waals surface area contributed by atoms with Gasteiger partial charge in [-0.2, -0.15) is 0 Å². The Bertz CT molecular complexity index is 288. The average molecular weight is 210 g/mol. The fraction of sp³-hybridized carbons (Fsp3) is 0.545. The van der Waals surface area contributed by atoms with Gasteiger partial charge in [0.15, 0.2) is 0 Å². The number of nitrogens with one attached hydrogen (secondary N) is 1. The largest absolute Gasteiger partial charge is 0.468 e. The Balaban J connectivity index is 0.000000531. The molecule has 0 spiro atoms. The molecule has 1 aromatic heterocycles. The minimum Gasteiger partial charge on any atom is -0.468 e. The zero-order chi connectivity index (χ0) is 11.1. The van der Waals surface area contributed by atoms with Gasteiger partial charge in [0.2, 0.25) is 5.88 Å². The van der Waals surface area contributed by atoms with E-state index in [1.807, 2.05) is 33.0 Å². The second kappa shape index (κ2) is 6.24. The summed E-state index contributed by atoms with van der Waals surface area (Å²) in [5, 5.41) is 3.02. The van der Waals surface area contributed by atoms with Crippen molar-refractivity contribution in [1.82, 2.24) is 4.98 Å². The van der Waals surface area contributed by atoms with Crippen molar-refractivity contribution in [3.05, 3.63) is 18.3 Å². The van der Waals surface area contributed by atoms with Gasteiger partial charge in [-0.05, 0) is 12.1 Å². The van der Waals surface area contributed by atoms with Crippen molar-refractivity contribution in [2.75, 3.05) is 25.6 Å². The highest BCUT2D eigenvalue weighted by atomic mass is 16.6. The predicted molar refractivity (Wildman–Crippen MR) is 60.4 cm³/mol. The first-order chi connectivity index (χ1) is 7.40. The minimum atomic E-state index is 0.169. The highest BCUT2D eigenvalue weighted by Crippen LogP contribution is 2.22. The van der Waals surface area contributed by atoms with Crippen molar-refractivity contribution >= 4 is 5.69 Å². The molecule has 0 unspecified atom stereocenters. The summed E-state index contributed by atoms with van der Waals surface area (Å²) >= 11 is 0. The van der Waals surface area contributed by atoms with E-state index in [0.29, 0.717) is 19.1 Å². The second-order valence-corrected chi connectivity index (χ2v) is 2.88. The molecule has 4 heteroatoms. The van der Waals surface area contributed by atoms with Crippen molar-refractivity contribution in [1.29, 1.82) is 0 Å². The molecule has 0 bridgehead atoms. The maximum Gasteiger partial charge on any atom is 0.237 e. The lowest BCUT2D eigenvalue weighted by Gasteiger charge is -2.26. The lowest BCUT2D eigenvalue weighted by Crippen LogP contribution is -2.38. The number of anilines is 1. The number of hydrogen-bond acceptors (Lipinski definition) is 4. The summed E-state index contributed by atoms with van der Waals surface area (Å²) in [5.41, 5.74) is 0.911. The molecule has 15 heavy (non-hydrogen) atoms. The van der Waals surface area contributed by atoms with Crippen LogP contribution in [0.25, 0.3) is 0 Å². The van der Waals surface area contributed by atoms with E-state index in [4.69, 9.17) is 9.47 Å². The molecular formula is C11H18N2O2. The van der Waals surface area contributed by atoms with Crippen molar-refractivity contribution in [2.24, 2.45) is 0 Å². The first-order valence-electron chi connectivity index (χ1n) is 5.27. The van der Waals surface area contributed by atoms with E-state index in [2.05, 4.69) is 10.3 Å². The Hall–Kier alpha value is -1.29. The van der Waals surface area contributed by atoms with Gasteiger partial charge >= 0.3 is 0 Å². The number of hydrogen-bond donors (Lipinski definition) is 1. The van der Waals surface area contributed by atoms with Crippen molar-refractivity contribution in [3.63, 3.8) is 0 Å². The number of ether oxygens (including phenoxy) is 2. The number of rotatable bonds is 3. The molecule has 1 fully saturated rings. The van der Waals surface area contributed by atoms with E-state index in [9.17, 15) is 0 Å². The van der Waals surface area contributed by atoms with Crippen LogP contribution in [0.4, 0.5) is 5.69 Å². The molecule has 4 nitrogen and oxygen atoms in total. The second-order valence-electron chi connectivity index (χ2n) is 2.88. The summed E-state index contributed by atoms with van der Waals surface area (Å²) in [6.07, 6.45) is 1.89. The van der Waals surface area contributed by atoms with Crippen LogP contribution in [0.15, 0.2) is 18.3 Å². The third kappa shape index (κ3) is 3.09. The number of nitrogens with zero attached hydrogens (tertiary/aromatic N) is 1. The normalized spacial score (nSPS) is 14.6. The maximum atomic E-state index is 5.57. The third-order valence-electron chi connectivity index (χ3n) is 1.93. The minimum absolute atomic E-state index is 0.169. The fourth-order valence-electron chi connectivity index (χ4n) is 1.11. The standard InChI is InChI=1S/C9H12N2O2.C2H6/c1-10-8-3-2-4-11-9(8)13-7-5-12-6-7;1-2/h2-4,7,10H,5-6H2,1H3;1-2H3. The Morgan fingerprint density at radius 3 is 2.73 bits per heavy atom. The Morgan fingerprint density at radius 2 is 2.20 bits per heavy atom. The lowest BCUT2D eigenvalue weighted by atomic mass is 10.3. The molecule has 1 N–H and O–H groups in total. The molecule has 2 heterocycles. The summed E-state index contributed by atoms with van der Waals surface area (Å²) in [4.78, 5) is 4.13. The van der Waals surface area contributed by atoms with Crippen LogP contribution in [0.5, 0.6) is 5.88 Å². The monoisotopic (exact) mass is 210 g/mol. The smallest absolute Gasteiger partial charge is 0.237 e. The molecule has 0 amide bonds. The van der Waals surface area contributed by atoms with Crippen LogP contribution in [0.3, 0.4) is 0 Å². The molecule has 0 aliphatic carbocycles. The fourth-order valence-corrected chi connectivity index (χ4v) is 1.11. The molecule has 0 atom stereocenters. The Morgan fingerprint density at radius 1 is 1.47 bits per heavy atom. The molecule has 0 aromatic carbocycles. The van der Waals surface area contributed by atoms with Gasteiger partial charge in [0.05, 0.1) is 18.9 Å². The first-order valence-corrected chi connectivity index (χ1v) is 5.27. The molecule has 1 aliphatic rings. The van der Waals surface area contributed by atoms with Crippen LogP contribution in [-0.2, 0) is 4.74 Å². The SMILES string of the molecule is CC.CNc1cccnc1OC1COC1. The van der Waals surface area contributed by atoms with Gasteiger partial charge in [0, 0.05) is 13.2 Å². The lowest BCUT2D eigenvalue weighted by molar-refractivity contribution is -0.0810. The zero-order valence-electron chi connectivity index (χ0n) is 9.49. The van der Waals surface area contributed by atoms with E-state index in [1.165, 1.54) is 0 Å². The molecule has 0 radical (unpaired) electrons. The van der Waals surface area contributed by atoms with Crippen LogP contribution in [0.1, 0.15) is 13.8 Å². The van der Waals surface area contributed by atoms with E-state index >= 15 is 0 Å². The molecule has 0 saturated carbocycles. The summed E-state index contributed by atoms with van der Waals surface area (Å²) < 4.78 is 10.6. The molecule has 1 aromatic rings. The van der Waals surface area contributed by atoms with Gasteiger partial charge in [0.1, 0.15) is 6.10 Å². The summed E-state index contributed by atoms with van der Waals surface area (Å²) in [6, 6.07) is 3.80. The molecule has 1 saturated heterocycles. The van der Waals surface area contributed by atoms with E-state index < -0.39 is 0 Å². The van der Waals surface area contributed by atoms with Crippen LogP contribution in [-0.4, -0.2) is 31.3 Å². The van der Waals surface area contributed by atoms with Crippen molar-refractivity contribution in [3.8, 4) is 5.88 Å². The maximum absolute atomic E-state index is 5.57. The molecule has 2 rings (SSSR count). The van der Waals surface area contributed by atoms with Crippen LogP contribution < -0.4 is 10.1 Å². The van der Waals surface area contributed by atoms with Gasteiger partial charge in [-0.25, -0.2) is 4.98 Å². The van der Waals surface area contributed by atoms with Gasteiger partial charge < -0.3 is 14.8 Å². The first kappa shape index (κ1) is 11.8. The highest BCUT2D eigenvalue weighted by Gasteiger charge is 2.21. The summed E-state index contributed by atoms with van der Waals surface area (Å²) in [5.74, 6) is 0.651. The number of pyridine rings is 1. The Labute approximate surface area is 90.6 Å². The van der Waals surface area contributed by atoms with E-state index in [-0.39, 0.29) is 6.10 Å². The van der Waals surface area contributed by atoms with Gasteiger partial charge in [-0.15, -0.1) is 0 Å². The van der Waals surface area contributed by atoms with Crippen LogP contribution in [0, 0.1) is 0 Å². The van der Waals surface area contributed by atoms with E-state index in [0.717, 1.165) is 5.69 Å². The molecular weight excluding hydrogens is 192 g/mol. The van der Waals surface area contributed by atoms with Crippen molar-refractivity contribution < 1.29 is 9.47 Å². The topological polar surface area (TPSA) is 43.4 Å². The predicted octanol–water partition coefficient (Wildman–Crippen LogP) is 1.93. The zero-order valence-corrected chi connectivity index (χ0v) is 9.49. The quantitative estimate of drug-likeness (QED) is 0.827. The van der Waals surface area contributed by atoms with Crippen molar-refractivity contribution in [2.45, 2.75) is 20.0 Å². The highest BCUT2D eigenvalue weighted by molar-refractivity contribution is 5.51. The number of aromatic nitrogens is 1. The summed E-state index contributed by atoms with van der Waals surface area (Å²) in [7, 11) is 1.85. The van der Waals surface area contributed by atoms with Gasteiger partial charge in [-0.3, -0.25) is 0 Å². The average Bonchev–Trinajstić information content (AvgIpc) is 2.27. The summed E-state index contributed by atoms with van der Waals surface area (Å²) in [6.45, 7) is 5.33. The van der Waals surface area contributed by atoms with Gasteiger partial charge in [-0.1, -0.05) is 13.8 Å². The van der Waals surface area contributed by atoms with Crippen LogP contribution in [0.2, 0.25) is 0 Å². The van der Waals surface area contributed by atoms with E-state index in [1.54, 1.807) is 6.20 Å².